The maximum absolute atomic E-state index is 5.74. The van der Waals surface area contributed by atoms with Crippen molar-refractivity contribution in [3.05, 3.63) is 66.5 Å². The molecule has 0 spiro atoms. The van der Waals surface area contributed by atoms with Gasteiger partial charge >= 0.3 is 0 Å². The van der Waals surface area contributed by atoms with Crippen molar-refractivity contribution in [3.63, 3.8) is 0 Å². The molecule has 1 heterocycles. The molecule has 0 N–H and O–H groups in total. The minimum absolute atomic E-state index is 0.854. The second-order valence-corrected chi connectivity index (χ2v) is 5.06. The number of pyridine rings is 1. The van der Waals surface area contributed by atoms with Crippen LogP contribution in [0.25, 0.3) is 10.8 Å². The molecule has 0 unspecified atom stereocenters. The van der Waals surface area contributed by atoms with Crippen molar-refractivity contribution < 1.29 is 4.18 Å². The van der Waals surface area contributed by atoms with Crippen LogP contribution in [0.2, 0.25) is 0 Å². The van der Waals surface area contributed by atoms with Crippen molar-refractivity contribution in [1.29, 1.82) is 0 Å². The molecule has 0 bridgehead atoms. The Bertz CT molecular complexity index is 697. The first-order chi connectivity index (χ1) is 9.33. The van der Waals surface area contributed by atoms with E-state index in [-0.39, 0.29) is 0 Å². The fraction of sp³-hybridized carbons (Fsp3) is 0.0625. The first kappa shape index (κ1) is 12.1. The topological polar surface area (TPSA) is 22.1 Å². The quantitative estimate of drug-likeness (QED) is 0.646. The van der Waals surface area contributed by atoms with Crippen LogP contribution < -0.4 is 4.18 Å². The largest absolute Gasteiger partial charge is 0.421 e. The van der Waals surface area contributed by atoms with Crippen LogP contribution >= 0.6 is 12.0 Å². The lowest BCUT2D eigenvalue weighted by Crippen LogP contribution is -1.85. The van der Waals surface area contributed by atoms with Gasteiger partial charge in [0.15, 0.2) is 0 Å². The third-order valence-electron chi connectivity index (χ3n) is 2.91. The number of nitrogens with zero attached hydrogens (tertiary/aromatic N) is 1. The van der Waals surface area contributed by atoms with Crippen molar-refractivity contribution in [2.24, 2.45) is 0 Å². The predicted molar refractivity (Wildman–Crippen MR) is 79.4 cm³/mol. The molecule has 1 aromatic heterocycles. The number of fused-ring (bicyclic) bond motifs is 1. The summed E-state index contributed by atoms with van der Waals surface area (Å²) in [5.74, 6) is 0.854. The van der Waals surface area contributed by atoms with E-state index in [1.54, 1.807) is 0 Å². The van der Waals surface area contributed by atoms with Crippen LogP contribution in [0.15, 0.2) is 65.7 Å². The highest BCUT2D eigenvalue weighted by atomic mass is 32.2. The minimum Gasteiger partial charge on any atom is -0.421 e. The first-order valence-electron chi connectivity index (χ1n) is 6.08. The number of aromatic nitrogens is 1. The van der Waals surface area contributed by atoms with Crippen molar-refractivity contribution in [2.45, 2.75) is 11.8 Å². The Morgan fingerprint density at radius 1 is 1.00 bits per heavy atom. The third-order valence-corrected chi connectivity index (χ3v) is 3.65. The fourth-order valence-electron chi connectivity index (χ4n) is 1.93. The molecule has 0 fully saturated rings. The molecular formula is C16H13NOS. The molecule has 0 amide bonds. The van der Waals surface area contributed by atoms with Gasteiger partial charge in [0.25, 0.3) is 0 Å². The summed E-state index contributed by atoms with van der Waals surface area (Å²) in [7, 11) is 0. The summed E-state index contributed by atoms with van der Waals surface area (Å²) in [6.45, 7) is 2.02. The van der Waals surface area contributed by atoms with E-state index in [4.69, 9.17) is 4.18 Å². The SMILES string of the molecule is Cc1nccc2cc(OSc3ccccc3)ccc12. The highest BCUT2D eigenvalue weighted by Crippen LogP contribution is 2.27. The van der Waals surface area contributed by atoms with Crippen molar-refractivity contribution >= 4 is 22.8 Å². The van der Waals surface area contributed by atoms with Gasteiger partial charge in [-0.2, -0.15) is 0 Å². The van der Waals surface area contributed by atoms with E-state index in [1.165, 1.54) is 17.4 Å². The average Bonchev–Trinajstić information content (AvgIpc) is 2.46. The normalized spacial score (nSPS) is 10.6. The number of benzene rings is 2. The van der Waals surface area contributed by atoms with Crippen LogP contribution in [0.4, 0.5) is 0 Å². The molecule has 3 aromatic rings. The standard InChI is InChI=1S/C16H13NOS/c1-12-16-8-7-14(11-13(16)9-10-17-12)18-19-15-5-3-2-4-6-15/h2-11H,1H3. The van der Waals surface area contributed by atoms with Gasteiger partial charge in [0.05, 0.1) is 12.0 Å². The molecule has 0 aliphatic rings. The van der Waals surface area contributed by atoms with Crippen molar-refractivity contribution in [1.82, 2.24) is 4.98 Å². The molecule has 2 aromatic carbocycles. The highest BCUT2D eigenvalue weighted by molar-refractivity contribution is 7.95. The Hall–Kier alpha value is -2.00. The minimum atomic E-state index is 0.854. The Kier molecular flexibility index (Phi) is 3.38. The molecular weight excluding hydrogens is 254 g/mol. The van der Waals surface area contributed by atoms with E-state index in [2.05, 4.69) is 11.1 Å². The fourth-order valence-corrected chi connectivity index (χ4v) is 2.50. The summed E-state index contributed by atoms with van der Waals surface area (Å²) >= 11 is 1.37. The van der Waals surface area contributed by atoms with Crippen LogP contribution in [0.3, 0.4) is 0 Å². The van der Waals surface area contributed by atoms with E-state index < -0.39 is 0 Å². The van der Waals surface area contributed by atoms with Gasteiger partial charge in [-0.25, -0.2) is 0 Å². The Morgan fingerprint density at radius 3 is 2.68 bits per heavy atom. The maximum Gasteiger partial charge on any atom is 0.138 e. The van der Waals surface area contributed by atoms with Crippen molar-refractivity contribution in [3.8, 4) is 5.75 Å². The Balaban J connectivity index is 1.82. The monoisotopic (exact) mass is 267 g/mol. The van der Waals surface area contributed by atoms with Crippen LogP contribution in [-0.2, 0) is 0 Å². The van der Waals surface area contributed by atoms with E-state index in [9.17, 15) is 0 Å². The summed E-state index contributed by atoms with van der Waals surface area (Å²) in [5, 5.41) is 2.32. The van der Waals surface area contributed by atoms with E-state index >= 15 is 0 Å². The molecule has 3 rings (SSSR count). The average molecular weight is 267 g/mol. The van der Waals surface area contributed by atoms with Gasteiger partial charge in [0, 0.05) is 22.2 Å². The highest BCUT2D eigenvalue weighted by Gasteiger charge is 2.01. The Labute approximate surface area is 116 Å². The number of hydrogen-bond acceptors (Lipinski definition) is 3. The molecule has 3 heteroatoms. The third kappa shape index (κ3) is 2.71. The summed E-state index contributed by atoms with van der Waals surface area (Å²) in [4.78, 5) is 5.38. The van der Waals surface area contributed by atoms with E-state index in [1.807, 2.05) is 61.7 Å². The zero-order valence-corrected chi connectivity index (χ0v) is 11.4. The maximum atomic E-state index is 5.74. The number of hydrogen-bond donors (Lipinski definition) is 0. The van der Waals surface area contributed by atoms with Gasteiger partial charge in [-0.3, -0.25) is 4.98 Å². The molecule has 0 radical (unpaired) electrons. The summed E-state index contributed by atoms with van der Waals surface area (Å²) in [5.41, 5.74) is 1.04. The smallest absolute Gasteiger partial charge is 0.138 e. The van der Waals surface area contributed by atoms with E-state index in [0.717, 1.165) is 21.7 Å². The van der Waals surface area contributed by atoms with Gasteiger partial charge < -0.3 is 4.18 Å². The molecule has 0 atom stereocenters. The zero-order valence-electron chi connectivity index (χ0n) is 10.5. The zero-order chi connectivity index (χ0) is 13.1. The van der Waals surface area contributed by atoms with Gasteiger partial charge in [0.2, 0.25) is 0 Å². The molecule has 2 nitrogen and oxygen atoms in total. The molecule has 19 heavy (non-hydrogen) atoms. The summed E-state index contributed by atoms with van der Waals surface area (Å²) < 4.78 is 5.74. The van der Waals surface area contributed by atoms with Gasteiger partial charge in [-0.1, -0.05) is 18.2 Å². The number of aryl methyl sites for hydroxylation is 1. The first-order valence-corrected chi connectivity index (χ1v) is 6.82. The van der Waals surface area contributed by atoms with Crippen LogP contribution in [0, 0.1) is 6.92 Å². The molecule has 94 valence electrons. The Morgan fingerprint density at radius 2 is 1.84 bits per heavy atom. The molecule has 0 saturated heterocycles. The van der Waals surface area contributed by atoms with Crippen LogP contribution in [0.1, 0.15) is 5.69 Å². The van der Waals surface area contributed by atoms with Gasteiger partial charge in [0.1, 0.15) is 5.75 Å². The van der Waals surface area contributed by atoms with Gasteiger partial charge in [-0.15, -0.1) is 0 Å². The second-order valence-electron chi connectivity index (χ2n) is 4.26. The lowest BCUT2D eigenvalue weighted by molar-refractivity contribution is 0.647. The molecule has 0 saturated carbocycles. The predicted octanol–water partition coefficient (Wildman–Crippen LogP) is 4.63. The van der Waals surface area contributed by atoms with Gasteiger partial charge in [-0.05, 0) is 48.7 Å². The lowest BCUT2D eigenvalue weighted by atomic mass is 10.1. The second kappa shape index (κ2) is 5.33. The summed E-state index contributed by atoms with van der Waals surface area (Å²) in [6, 6.07) is 18.1. The van der Waals surface area contributed by atoms with Crippen LogP contribution in [0.5, 0.6) is 5.75 Å². The van der Waals surface area contributed by atoms with E-state index in [0.29, 0.717) is 0 Å². The molecule has 0 aliphatic heterocycles. The summed E-state index contributed by atoms with van der Waals surface area (Å²) in [6.07, 6.45) is 1.83. The van der Waals surface area contributed by atoms with Crippen LogP contribution in [-0.4, -0.2) is 4.98 Å². The number of rotatable bonds is 3. The lowest BCUT2D eigenvalue weighted by Gasteiger charge is -2.06. The van der Waals surface area contributed by atoms with Crippen molar-refractivity contribution in [2.75, 3.05) is 0 Å². The molecule has 0 aliphatic carbocycles.